The lowest BCUT2D eigenvalue weighted by atomic mass is 10.1. The zero-order valence-electron chi connectivity index (χ0n) is 8.93. The molecule has 0 saturated carbocycles. The zero-order valence-corrected chi connectivity index (χ0v) is 8.93. The molecule has 0 radical (unpaired) electrons. The molecule has 4 heteroatoms. The van der Waals surface area contributed by atoms with E-state index in [2.05, 4.69) is 0 Å². The Balaban J connectivity index is 0.000000921. The van der Waals surface area contributed by atoms with E-state index in [1.807, 2.05) is 13.8 Å². The fraction of sp³-hybridized carbons (Fsp3) is 0.455. The number of benzene rings is 1. The van der Waals surface area contributed by atoms with Gasteiger partial charge in [0.1, 0.15) is 0 Å². The van der Waals surface area contributed by atoms with Gasteiger partial charge in [-0.15, -0.1) is 0 Å². The van der Waals surface area contributed by atoms with Gasteiger partial charge in [-0.2, -0.15) is 13.2 Å². The average Bonchev–Trinajstić information content (AvgIpc) is 2.21. The average molecular weight is 219 g/mol. The van der Waals surface area contributed by atoms with E-state index >= 15 is 0 Å². The summed E-state index contributed by atoms with van der Waals surface area (Å²) in [6, 6.07) is 5.06. The van der Waals surface area contributed by atoms with Crippen molar-refractivity contribution >= 4 is 0 Å². The van der Waals surface area contributed by atoms with E-state index in [0.717, 1.165) is 17.7 Å². The first-order valence-corrected chi connectivity index (χ1v) is 4.90. The summed E-state index contributed by atoms with van der Waals surface area (Å²) in [5.74, 6) is 0. The number of hydrogen-bond acceptors (Lipinski definition) is 1. The van der Waals surface area contributed by atoms with E-state index in [1.165, 1.54) is 12.1 Å². The van der Waals surface area contributed by atoms with E-state index < -0.39 is 11.7 Å². The Bertz CT molecular complexity index is 264. The van der Waals surface area contributed by atoms with Crippen molar-refractivity contribution in [2.45, 2.75) is 26.4 Å². The van der Waals surface area contributed by atoms with Crippen LogP contribution in [0, 0.1) is 0 Å². The molecule has 0 atom stereocenters. The van der Waals surface area contributed by atoms with Crippen LogP contribution < -0.4 is 5.73 Å². The molecule has 0 spiro atoms. The van der Waals surface area contributed by atoms with Gasteiger partial charge >= 0.3 is 6.18 Å². The lowest BCUT2D eigenvalue weighted by Gasteiger charge is -2.06. The Morgan fingerprint density at radius 1 is 1.07 bits per heavy atom. The predicted molar refractivity (Wildman–Crippen MR) is 55.6 cm³/mol. The maximum atomic E-state index is 12.1. The van der Waals surface area contributed by atoms with Crippen LogP contribution in [0.4, 0.5) is 13.2 Å². The van der Waals surface area contributed by atoms with Crippen LogP contribution in [-0.2, 0) is 12.6 Å². The first kappa shape index (κ1) is 14.0. The molecule has 0 unspecified atom stereocenters. The van der Waals surface area contributed by atoms with Crippen molar-refractivity contribution in [3.8, 4) is 0 Å². The van der Waals surface area contributed by atoms with Gasteiger partial charge in [-0.3, -0.25) is 0 Å². The molecule has 1 nitrogen and oxygen atoms in total. The van der Waals surface area contributed by atoms with Crippen LogP contribution in [0.5, 0.6) is 0 Å². The normalized spacial score (nSPS) is 10.5. The summed E-state index contributed by atoms with van der Waals surface area (Å²) < 4.78 is 36.2. The molecule has 0 aliphatic heterocycles. The summed E-state index contributed by atoms with van der Waals surface area (Å²) in [5, 5.41) is 0. The van der Waals surface area contributed by atoms with E-state index in [-0.39, 0.29) is 0 Å². The summed E-state index contributed by atoms with van der Waals surface area (Å²) in [7, 11) is 0. The highest BCUT2D eigenvalue weighted by molar-refractivity contribution is 5.24. The Labute approximate surface area is 88.1 Å². The summed E-state index contributed by atoms with van der Waals surface area (Å²) in [6.45, 7) is 4.45. The van der Waals surface area contributed by atoms with E-state index in [9.17, 15) is 13.2 Å². The molecule has 1 rings (SSSR count). The minimum Gasteiger partial charge on any atom is -0.330 e. The Morgan fingerprint density at radius 2 is 1.53 bits per heavy atom. The highest BCUT2D eigenvalue weighted by Crippen LogP contribution is 2.28. The van der Waals surface area contributed by atoms with Gasteiger partial charge in [0.2, 0.25) is 0 Å². The topological polar surface area (TPSA) is 26.0 Å². The van der Waals surface area contributed by atoms with Crippen LogP contribution in [0.3, 0.4) is 0 Å². The van der Waals surface area contributed by atoms with Crippen LogP contribution in [0.25, 0.3) is 0 Å². The largest absolute Gasteiger partial charge is 0.416 e. The van der Waals surface area contributed by atoms with Crippen LogP contribution in [-0.4, -0.2) is 6.54 Å². The lowest BCUT2D eigenvalue weighted by molar-refractivity contribution is -0.137. The van der Waals surface area contributed by atoms with Gasteiger partial charge in [0, 0.05) is 0 Å². The van der Waals surface area contributed by atoms with Crippen molar-refractivity contribution in [2.24, 2.45) is 5.73 Å². The Hall–Kier alpha value is -1.03. The molecule has 0 bridgehead atoms. The fourth-order valence-electron chi connectivity index (χ4n) is 1.03. The lowest BCUT2D eigenvalue weighted by Crippen LogP contribution is -2.06. The number of nitrogens with two attached hydrogens (primary N) is 1. The van der Waals surface area contributed by atoms with Gasteiger partial charge in [0.25, 0.3) is 0 Å². The van der Waals surface area contributed by atoms with Crippen molar-refractivity contribution in [3.63, 3.8) is 0 Å². The molecular weight excluding hydrogens is 203 g/mol. The van der Waals surface area contributed by atoms with Gasteiger partial charge in [0.05, 0.1) is 5.56 Å². The molecule has 0 fully saturated rings. The molecule has 0 aromatic heterocycles. The smallest absolute Gasteiger partial charge is 0.330 e. The summed E-state index contributed by atoms with van der Waals surface area (Å²) in [4.78, 5) is 0. The van der Waals surface area contributed by atoms with Crippen LogP contribution >= 0.6 is 0 Å². The van der Waals surface area contributed by atoms with Gasteiger partial charge < -0.3 is 5.73 Å². The van der Waals surface area contributed by atoms with Crippen molar-refractivity contribution in [2.75, 3.05) is 6.54 Å². The highest BCUT2D eigenvalue weighted by Gasteiger charge is 2.29. The van der Waals surface area contributed by atoms with Crippen LogP contribution in [0.15, 0.2) is 24.3 Å². The number of halogens is 3. The fourth-order valence-corrected chi connectivity index (χ4v) is 1.03. The van der Waals surface area contributed by atoms with Crippen LogP contribution in [0.1, 0.15) is 25.0 Å². The minimum atomic E-state index is -4.25. The van der Waals surface area contributed by atoms with Crippen molar-refractivity contribution < 1.29 is 13.2 Å². The van der Waals surface area contributed by atoms with E-state index in [0.29, 0.717) is 13.0 Å². The van der Waals surface area contributed by atoms with Gasteiger partial charge in [-0.25, -0.2) is 0 Å². The number of alkyl halides is 3. The second-order valence-electron chi connectivity index (χ2n) is 2.73. The van der Waals surface area contributed by atoms with Gasteiger partial charge in [-0.1, -0.05) is 26.0 Å². The molecule has 0 aliphatic rings. The maximum Gasteiger partial charge on any atom is 0.416 e. The zero-order chi connectivity index (χ0) is 11.9. The van der Waals surface area contributed by atoms with Gasteiger partial charge in [0.15, 0.2) is 0 Å². The summed E-state index contributed by atoms with van der Waals surface area (Å²) in [5.41, 5.74) is 5.47. The molecule has 0 heterocycles. The SMILES string of the molecule is CC.NCCc1ccc(C(F)(F)F)cc1. The summed E-state index contributed by atoms with van der Waals surface area (Å²) in [6.07, 6.45) is -3.64. The molecule has 0 saturated heterocycles. The third kappa shape index (κ3) is 4.83. The third-order valence-electron chi connectivity index (χ3n) is 1.71. The molecule has 0 aliphatic carbocycles. The second kappa shape index (κ2) is 6.45. The maximum absolute atomic E-state index is 12.1. The van der Waals surface area contributed by atoms with Crippen LogP contribution in [0.2, 0.25) is 0 Å². The molecule has 2 N–H and O–H groups in total. The number of rotatable bonds is 2. The minimum absolute atomic E-state index is 0.450. The summed E-state index contributed by atoms with van der Waals surface area (Å²) >= 11 is 0. The molecule has 15 heavy (non-hydrogen) atoms. The quantitative estimate of drug-likeness (QED) is 0.811. The van der Waals surface area contributed by atoms with Gasteiger partial charge in [-0.05, 0) is 30.7 Å². The first-order valence-electron chi connectivity index (χ1n) is 4.90. The number of hydrogen-bond donors (Lipinski definition) is 1. The predicted octanol–water partition coefficient (Wildman–Crippen LogP) is 3.23. The standard InChI is InChI=1S/C9H10F3N.C2H6/c10-9(11,12)8-3-1-7(2-4-8)5-6-13;1-2/h1-4H,5-6,13H2;1-2H3. The van der Waals surface area contributed by atoms with Crippen molar-refractivity contribution in [1.29, 1.82) is 0 Å². The molecule has 86 valence electrons. The van der Waals surface area contributed by atoms with E-state index in [1.54, 1.807) is 0 Å². The van der Waals surface area contributed by atoms with Crippen molar-refractivity contribution in [3.05, 3.63) is 35.4 Å². The first-order chi connectivity index (χ1) is 7.04. The molecule has 1 aromatic carbocycles. The van der Waals surface area contributed by atoms with E-state index in [4.69, 9.17) is 5.73 Å². The Kier molecular flexibility index (Phi) is 6.01. The third-order valence-corrected chi connectivity index (χ3v) is 1.71. The second-order valence-corrected chi connectivity index (χ2v) is 2.73. The molecule has 1 aromatic rings. The van der Waals surface area contributed by atoms with Crippen molar-refractivity contribution in [1.82, 2.24) is 0 Å². The molecule has 0 amide bonds. The Morgan fingerprint density at radius 3 is 1.87 bits per heavy atom. The monoisotopic (exact) mass is 219 g/mol. The highest BCUT2D eigenvalue weighted by atomic mass is 19.4. The molecular formula is C11H16F3N.